The highest BCUT2D eigenvalue weighted by Gasteiger charge is 1.97. The van der Waals surface area contributed by atoms with Gasteiger partial charge in [0.2, 0.25) is 0 Å². The molecule has 0 aliphatic rings. The number of rotatable bonds is 3. The van der Waals surface area contributed by atoms with Gasteiger partial charge in [0.05, 0.1) is 11.9 Å². The highest BCUT2D eigenvalue weighted by molar-refractivity contribution is 6.25. The fraction of sp³-hybridized carbons (Fsp3) is 0. The molecular weight excluding hydrogens is 220 g/mol. The summed E-state index contributed by atoms with van der Waals surface area (Å²) in [7, 11) is 0. The van der Waals surface area contributed by atoms with Crippen LogP contribution in [0.3, 0.4) is 0 Å². The second-order valence-corrected chi connectivity index (χ2v) is 3.57. The van der Waals surface area contributed by atoms with Crippen LogP contribution in [0.5, 0.6) is 0 Å². The van der Waals surface area contributed by atoms with E-state index in [1.54, 1.807) is 6.21 Å². The van der Waals surface area contributed by atoms with Crippen LogP contribution < -0.4 is 4.53 Å². The topological polar surface area (TPSA) is 15.6 Å². The number of benzene rings is 2. The summed E-state index contributed by atoms with van der Waals surface area (Å²) in [6.07, 6.45) is 1.72. The second-order valence-electron chi connectivity index (χ2n) is 3.25. The molecule has 0 amide bonds. The van der Waals surface area contributed by atoms with Gasteiger partial charge in [0.1, 0.15) is 0 Å². The van der Waals surface area contributed by atoms with Crippen molar-refractivity contribution in [2.24, 2.45) is 5.10 Å². The maximum atomic E-state index is 5.99. The molecule has 0 aliphatic heterocycles. The zero-order valence-electron chi connectivity index (χ0n) is 8.62. The summed E-state index contributed by atoms with van der Waals surface area (Å²) < 4.78 is 1.33. The van der Waals surface area contributed by atoms with Crippen LogP contribution in [-0.4, -0.2) is 6.21 Å². The van der Waals surface area contributed by atoms with Crippen LogP contribution >= 0.6 is 11.8 Å². The van der Waals surface area contributed by atoms with Crippen molar-refractivity contribution in [3.63, 3.8) is 0 Å². The van der Waals surface area contributed by atoms with Crippen LogP contribution in [0.2, 0.25) is 0 Å². The number of para-hydroxylation sites is 1. The van der Waals surface area contributed by atoms with Gasteiger partial charge in [0.25, 0.3) is 0 Å². The summed E-state index contributed by atoms with van der Waals surface area (Å²) >= 11 is 5.99. The lowest BCUT2D eigenvalue weighted by Crippen LogP contribution is -2.00. The number of anilines is 1. The number of halogens is 1. The molecule has 0 saturated heterocycles. The predicted octanol–water partition coefficient (Wildman–Crippen LogP) is 3.68. The van der Waals surface area contributed by atoms with Crippen molar-refractivity contribution < 1.29 is 0 Å². The Hall–Kier alpha value is -1.80. The highest BCUT2D eigenvalue weighted by Crippen LogP contribution is 2.15. The van der Waals surface area contributed by atoms with E-state index < -0.39 is 0 Å². The minimum Gasteiger partial charge on any atom is -0.173 e. The molecule has 0 fully saturated rings. The summed E-state index contributed by atoms with van der Waals surface area (Å²) in [5, 5.41) is 4.14. The van der Waals surface area contributed by atoms with Gasteiger partial charge in [-0.15, -0.1) is 0 Å². The normalized spacial score (nSPS) is 10.6. The van der Waals surface area contributed by atoms with E-state index in [2.05, 4.69) is 5.10 Å². The van der Waals surface area contributed by atoms with Gasteiger partial charge < -0.3 is 0 Å². The molecule has 2 nitrogen and oxygen atoms in total. The first-order valence-corrected chi connectivity index (χ1v) is 5.30. The zero-order valence-corrected chi connectivity index (χ0v) is 9.38. The smallest absolute Gasteiger partial charge is 0.0783 e. The molecule has 0 atom stereocenters. The van der Waals surface area contributed by atoms with Gasteiger partial charge in [-0.25, -0.2) is 0 Å². The monoisotopic (exact) mass is 230 g/mol. The van der Waals surface area contributed by atoms with E-state index >= 15 is 0 Å². The van der Waals surface area contributed by atoms with Gasteiger partial charge in [-0.3, -0.25) is 0 Å². The molecule has 2 rings (SSSR count). The molecule has 0 heterocycles. The summed E-state index contributed by atoms with van der Waals surface area (Å²) in [5.41, 5.74) is 1.86. The minimum atomic E-state index is 0.844. The van der Waals surface area contributed by atoms with Crippen molar-refractivity contribution in [1.29, 1.82) is 0 Å². The van der Waals surface area contributed by atoms with E-state index in [1.807, 2.05) is 60.7 Å². The molecule has 0 bridgehead atoms. The molecule has 0 aliphatic carbocycles. The Morgan fingerprint density at radius 2 is 1.44 bits per heavy atom. The third-order valence-electron chi connectivity index (χ3n) is 2.08. The first-order valence-electron chi connectivity index (χ1n) is 4.96. The maximum absolute atomic E-state index is 5.99. The van der Waals surface area contributed by atoms with Crippen molar-refractivity contribution in [2.45, 2.75) is 0 Å². The molecule has 2 aromatic carbocycles. The lowest BCUT2D eigenvalue weighted by atomic mass is 10.2. The van der Waals surface area contributed by atoms with Crippen LogP contribution in [0.4, 0.5) is 5.69 Å². The Balaban J connectivity index is 2.08. The Bertz CT molecular complexity index is 454. The third-order valence-corrected chi connectivity index (χ3v) is 2.36. The number of nitrogens with zero attached hydrogens (tertiary/aromatic N) is 2. The molecule has 0 spiro atoms. The average Bonchev–Trinajstić information content (AvgIpc) is 2.38. The first-order chi connectivity index (χ1) is 7.86. The Morgan fingerprint density at radius 3 is 2.06 bits per heavy atom. The first kappa shape index (κ1) is 10.7. The molecular formula is C13H11ClN2. The second kappa shape index (κ2) is 5.33. The van der Waals surface area contributed by atoms with E-state index in [4.69, 9.17) is 11.8 Å². The zero-order chi connectivity index (χ0) is 11.2. The summed E-state index contributed by atoms with van der Waals surface area (Å²) in [4.78, 5) is 0. The Kier molecular flexibility index (Phi) is 3.57. The van der Waals surface area contributed by atoms with Crippen LogP contribution in [0.1, 0.15) is 5.56 Å². The van der Waals surface area contributed by atoms with Crippen LogP contribution in [0.25, 0.3) is 0 Å². The largest absolute Gasteiger partial charge is 0.173 e. The van der Waals surface area contributed by atoms with Crippen molar-refractivity contribution in [3.8, 4) is 0 Å². The van der Waals surface area contributed by atoms with E-state index in [9.17, 15) is 0 Å². The van der Waals surface area contributed by atoms with Crippen molar-refractivity contribution >= 4 is 23.7 Å². The van der Waals surface area contributed by atoms with Crippen LogP contribution in [0.15, 0.2) is 65.8 Å². The summed E-state index contributed by atoms with van der Waals surface area (Å²) in [5.74, 6) is 0. The molecule has 0 saturated carbocycles. The number of hydrogen-bond acceptors (Lipinski definition) is 2. The van der Waals surface area contributed by atoms with Crippen molar-refractivity contribution in [1.82, 2.24) is 0 Å². The van der Waals surface area contributed by atoms with Gasteiger partial charge >= 0.3 is 0 Å². The van der Waals surface area contributed by atoms with E-state index in [-0.39, 0.29) is 0 Å². The van der Waals surface area contributed by atoms with Crippen molar-refractivity contribution in [3.05, 3.63) is 66.2 Å². The lowest BCUT2D eigenvalue weighted by Gasteiger charge is -2.07. The van der Waals surface area contributed by atoms with E-state index in [0.29, 0.717) is 0 Å². The Labute approximate surface area is 99.9 Å². The van der Waals surface area contributed by atoms with Gasteiger partial charge in [-0.2, -0.15) is 9.63 Å². The molecule has 0 N–H and O–H groups in total. The fourth-order valence-electron chi connectivity index (χ4n) is 1.27. The molecule has 16 heavy (non-hydrogen) atoms. The fourth-order valence-corrected chi connectivity index (χ4v) is 1.43. The average molecular weight is 231 g/mol. The SMILES string of the molecule is ClN(/N=C/c1ccccc1)c1ccccc1. The van der Waals surface area contributed by atoms with Crippen molar-refractivity contribution in [2.75, 3.05) is 4.53 Å². The van der Waals surface area contributed by atoms with Gasteiger partial charge in [0, 0.05) is 11.8 Å². The summed E-state index contributed by atoms with van der Waals surface area (Å²) in [6.45, 7) is 0. The van der Waals surface area contributed by atoms with Gasteiger partial charge in [0.15, 0.2) is 0 Å². The van der Waals surface area contributed by atoms with Crippen LogP contribution in [0, 0.1) is 0 Å². The predicted molar refractivity (Wildman–Crippen MR) is 68.8 cm³/mol. The van der Waals surface area contributed by atoms with Crippen LogP contribution in [-0.2, 0) is 0 Å². The van der Waals surface area contributed by atoms with Gasteiger partial charge in [-0.1, -0.05) is 48.5 Å². The Morgan fingerprint density at radius 1 is 0.875 bits per heavy atom. The molecule has 2 aromatic rings. The number of hydrazone groups is 1. The van der Waals surface area contributed by atoms with E-state index in [1.165, 1.54) is 4.53 Å². The molecule has 0 aromatic heterocycles. The molecule has 3 heteroatoms. The van der Waals surface area contributed by atoms with E-state index in [0.717, 1.165) is 11.3 Å². The third kappa shape index (κ3) is 2.84. The lowest BCUT2D eigenvalue weighted by molar-refractivity contribution is 1.20. The minimum absolute atomic E-state index is 0.844. The summed E-state index contributed by atoms with van der Waals surface area (Å²) in [6, 6.07) is 19.4. The molecule has 80 valence electrons. The standard InChI is InChI=1S/C13H11ClN2/c14-16(13-9-5-2-6-10-13)15-11-12-7-3-1-4-8-12/h1-11H/b15-11+. The molecule has 0 radical (unpaired) electrons. The highest BCUT2D eigenvalue weighted by atomic mass is 35.5. The maximum Gasteiger partial charge on any atom is 0.0783 e. The molecule has 0 unspecified atom stereocenters. The van der Waals surface area contributed by atoms with Gasteiger partial charge in [-0.05, 0) is 17.7 Å². The number of hydrogen-bond donors (Lipinski definition) is 0. The quantitative estimate of drug-likeness (QED) is 0.446.